The van der Waals surface area contributed by atoms with Crippen LogP contribution in [0.15, 0.2) is 48.8 Å². The molecule has 0 spiro atoms. The molecule has 0 aliphatic carbocycles. The van der Waals surface area contributed by atoms with Crippen LogP contribution in [0, 0.1) is 17.1 Å². The first-order chi connectivity index (χ1) is 8.76. The molecule has 3 aromatic rings. The zero-order valence-electron chi connectivity index (χ0n) is 9.34. The van der Waals surface area contributed by atoms with Crippen molar-refractivity contribution in [3.63, 3.8) is 0 Å². The lowest BCUT2D eigenvalue weighted by Crippen LogP contribution is -1.83. The van der Waals surface area contributed by atoms with Crippen molar-refractivity contribution in [2.75, 3.05) is 0 Å². The Morgan fingerprint density at radius 2 is 1.83 bits per heavy atom. The molecule has 3 rings (SSSR count). The van der Waals surface area contributed by atoms with Gasteiger partial charge in [-0.3, -0.25) is 0 Å². The number of rotatable bonds is 1. The van der Waals surface area contributed by atoms with Crippen LogP contribution in [-0.2, 0) is 0 Å². The second-order valence-electron chi connectivity index (χ2n) is 3.93. The van der Waals surface area contributed by atoms with Crippen molar-refractivity contribution in [2.24, 2.45) is 0 Å². The molecule has 4 heteroatoms. The summed E-state index contributed by atoms with van der Waals surface area (Å²) in [6.07, 6.45) is 3.15. The van der Waals surface area contributed by atoms with Gasteiger partial charge < -0.3 is 4.40 Å². The molecule has 0 saturated heterocycles. The van der Waals surface area contributed by atoms with Gasteiger partial charge >= 0.3 is 0 Å². The first-order valence-electron chi connectivity index (χ1n) is 5.41. The van der Waals surface area contributed by atoms with Gasteiger partial charge in [0, 0.05) is 18.0 Å². The summed E-state index contributed by atoms with van der Waals surface area (Å²) >= 11 is 0. The summed E-state index contributed by atoms with van der Waals surface area (Å²) in [7, 11) is 0. The summed E-state index contributed by atoms with van der Waals surface area (Å²) in [6, 6.07) is 12.2. The second-order valence-corrected chi connectivity index (χ2v) is 3.93. The molecule has 3 nitrogen and oxygen atoms in total. The highest BCUT2D eigenvalue weighted by Crippen LogP contribution is 2.19. The smallest absolute Gasteiger partial charge is 0.139 e. The fourth-order valence-electron chi connectivity index (χ4n) is 1.82. The molecule has 0 radical (unpaired) electrons. The van der Waals surface area contributed by atoms with Crippen LogP contribution in [0.2, 0.25) is 0 Å². The number of benzene rings is 1. The van der Waals surface area contributed by atoms with E-state index in [2.05, 4.69) is 11.1 Å². The molecular weight excluding hydrogens is 229 g/mol. The van der Waals surface area contributed by atoms with Crippen molar-refractivity contribution in [3.8, 4) is 17.3 Å². The number of aromatic nitrogens is 2. The van der Waals surface area contributed by atoms with Crippen LogP contribution < -0.4 is 0 Å². The minimum Gasteiger partial charge on any atom is -0.304 e. The lowest BCUT2D eigenvalue weighted by molar-refractivity contribution is 0.619. The number of nitrogens with zero attached hydrogens (tertiary/aromatic N) is 3. The molecule has 2 heterocycles. The van der Waals surface area contributed by atoms with E-state index in [9.17, 15) is 4.39 Å². The summed E-state index contributed by atoms with van der Waals surface area (Å²) in [5, 5.41) is 8.73. The summed E-state index contributed by atoms with van der Waals surface area (Å²) in [5.74, 6) is -0.300. The number of hydrogen-bond acceptors (Lipinski definition) is 2. The Labute approximate surface area is 103 Å². The topological polar surface area (TPSA) is 41.1 Å². The molecule has 0 saturated carbocycles. The van der Waals surface area contributed by atoms with Crippen LogP contribution in [0.25, 0.3) is 16.9 Å². The van der Waals surface area contributed by atoms with E-state index in [4.69, 9.17) is 5.26 Å². The zero-order valence-corrected chi connectivity index (χ0v) is 9.34. The highest BCUT2D eigenvalue weighted by Gasteiger charge is 2.04. The van der Waals surface area contributed by atoms with Crippen LogP contribution in [-0.4, -0.2) is 9.38 Å². The lowest BCUT2D eigenvalue weighted by Gasteiger charge is -1.94. The van der Waals surface area contributed by atoms with Crippen molar-refractivity contribution in [1.82, 2.24) is 9.38 Å². The fraction of sp³-hybridized carbons (Fsp3) is 0. The van der Waals surface area contributed by atoms with E-state index < -0.39 is 0 Å². The van der Waals surface area contributed by atoms with Crippen LogP contribution in [0.1, 0.15) is 5.56 Å². The van der Waals surface area contributed by atoms with Crippen molar-refractivity contribution in [2.45, 2.75) is 0 Å². The number of imidazole rings is 1. The van der Waals surface area contributed by atoms with Crippen molar-refractivity contribution in [3.05, 3.63) is 60.2 Å². The minimum atomic E-state index is -0.300. The molecule has 0 aliphatic heterocycles. The van der Waals surface area contributed by atoms with E-state index >= 15 is 0 Å². The molecule has 1 aromatic carbocycles. The average molecular weight is 237 g/mol. The number of nitriles is 1. The number of fused-ring (bicyclic) bond motifs is 1. The summed E-state index contributed by atoms with van der Waals surface area (Å²) in [6.45, 7) is 0. The monoisotopic (exact) mass is 237 g/mol. The Morgan fingerprint density at radius 1 is 1.06 bits per heavy atom. The van der Waals surface area contributed by atoms with Gasteiger partial charge in [-0.15, -0.1) is 0 Å². The summed E-state index contributed by atoms with van der Waals surface area (Å²) in [4.78, 5) is 4.39. The molecule has 0 fully saturated rings. The van der Waals surface area contributed by atoms with E-state index in [1.807, 2.05) is 12.1 Å². The van der Waals surface area contributed by atoms with Gasteiger partial charge in [0.05, 0.1) is 17.3 Å². The Balaban J connectivity index is 2.10. The normalized spacial score (nSPS) is 10.4. The molecule has 0 bridgehead atoms. The maximum absolute atomic E-state index is 13.1. The van der Waals surface area contributed by atoms with Gasteiger partial charge in [0.1, 0.15) is 11.5 Å². The molecular formula is C14H8FN3. The molecule has 0 N–H and O–H groups in total. The Morgan fingerprint density at radius 3 is 2.56 bits per heavy atom. The molecule has 18 heavy (non-hydrogen) atoms. The number of hydrogen-bond donors (Lipinski definition) is 0. The average Bonchev–Trinajstić information content (AvgIpc) is 2.81. The molecule has 0 unspecified atom stereocenters. The van der Waals surface area contributed by atoms with Gasteiger partial charge in [-0.2, -0.15) is 5.26 Å². The highest BCUT2D eigenvalue weighted by atomic mass is 19.1. The minimum absolute atomic E-state index is 0.300. The molecule has 0 atom stereocenters. The van der Waals surface area contributed by atoms with Crippen molar-refractivity contribution < 1.29 is 4.39 Å². The third-order valence-electron chi connectivity index (χ3n) is 2.72. The van der Waals surface area contributed by atoms with E-state index in [-0.39, 0.29) is 5.82 Å². The summed E-state index contributed by atoms with van der Waals surface area (Å²) in [5.41, 5.74) is 2.95. The van der Waals surface area contributed by atoms with E-state index in [1.165, 1.54) is 12.3 Å². The highest BCUT2D eigenvalue weighted by molar-refractivity contribution is 5.63. The Bertz CT molecular complexity index is 751. The quantitative estimate of drug-likeness (QED) is 0.652. The predicted molar refractivity (Wildman–Crippen MR) is 65.3 cm³/mol. The van der Waals surface area contributed by atoms with E-state index in [0.717, 1.165) is 11.3 Å². The maximum atomic E-state index is 13.1. The van der Waals surface area contributed by atoms with Crippen LogP contribution in [0.3, 0.4) is 0 Å². The van der Waals surface area contributed by atoms with Crippen LogP contribution in [0.5, 0.6) is 0 Å². The van der Waals surface area contributed by atoms with E-state index in [0.29, 0.717) is 11.2 Å². The van der Waals surface area contributed by atoms with Gasteiger partial charge in [-0.25, -0.2) is 9.37 Å². The van der Waals surface area contributed by atoms with Gasteiger partial charge in [0.2, 0.25) is 0 Å². The van der Waals surface area contributed by atoms with Gasteiger partial charge in [0.25, 0.3) is 0 Å². The number of halogens is 1. The Kier molecular flexibility index (Phi) is 2.31. The third-order valence-corrected chi connectivity index (χ3v) is 2.72. The standard InChI is InChI=1S/C14H8FN3/c15-12-5-6-14-17-13(9-18(14)8-12)11-3-1-10(7-16)2-4-11/h1-6,8-9H. The second kappa shape index (κ2) is 3.97. The van der Waals surface area contributed by atoms with Crippen molar-refractivity contribution >= 4 is 5.65 Å². The Hall–Kier alpha value is -2.67. The molecule has 0 aliphatic rings. The summed E-state index contributed by atoms with van der Waals surface area (Å²) < 4.78 is 14.7. The molecule has 0 amide bonds. The van der Waals surface area contributed by atoms with Crippen molar-refractivity contribution in [1.29, 1.82) is 5.26 Å². The molecule has 86 valence electrons. The van der Waals surface area contributed by atoms with Gasteiger partial charge in [-0.1, -0.05) is 12.1 Å². The molecule has 2 aromatic heterocycles. The zero-order chi connectivity index (χ0) is 12.5. The van der Waals surface area contributed by atoms with Crippen LogP contribution in [0.4, 0.5) is 4.39 Å². The predicted octanol–water partition coefficient (Wildman–Crippen LogP) is 3.01. The fourth-order valence-corrected chi connectivity index (χ4v) is 1.82. The lowest BCUT2D eigenvalue weighted by atomic mass is 10.1. The third kappa shape index (κ3) is 1.72. The SMILES string of the molecule is N#Cc1ccc(-c2cn3cc(F)ccc3n2)cc1. The van der Waals surface area contributed by atoms with E-state index in [1.54, 1.807) is 28.8 Å². The number of pyridine rings is 1. The van der Waals surface area contributed by atoms with Gasteiger partial charge in [-0.05, 0) is 24.3 Å². The van der Waals surface area contributed by atoms with Gasteiger partial charge in [0.15, 0.2) is 0 Å². The first kappa shape index (κ1) is 10.5. The van der Waals surface area contributed by atoms with Crippen LogP contribution >= 0.6 is 0 Å². The maximum Gasteiger partial charge on any atom is 0.139 e. The first-order valence-corrected chi connectivity index (χ1v) is 5.41. The largest absolute Gasteiger partial charge is 0.304 e.